The number of hydrogen-bond donors (Lipinski definition) is 20. The maximum atomic E-state index is 17.4. The van der Waals surface area contributed by atoms with Crippen LogP contribution in [0.5, 0.6) is 69.0 Å². The van der Waals surface area contributed by atoms with Crippen molar-refractivity contribution in [2.45, 2.75) is 233 Å². The van der Waals surface area contributed by atoms with E-state index in [-0.39, 0.29) is 75.4 Å². The summed E-state index contributed by atoms with van der Waals surface area (Å²) >= 11 is 15.5. The van der Waals surface area contributed by atoms with E-state index in [9.17, 15) is 61.0 Å². The van der Waals surface area contributed by atoms with E-state index in [0.29, 0.717) is 76.6 Å². The van der Waals surface area contributed by atoms with Crippen LogP contribution in [-0.4, -0.2) is 288 Å². The average molecular weight is 2100 g/mol. The summed E-state index contributed by atoms with van der Waals surface area (Å²) in [7, 11) is 1.87. The van der Waals surface area contributed by atoms with Crippen molar-refractivity contribution in [2.75, 3.05) is 86.7 Å². The van der Waals surface area contributed by atoms with Gasteiger partial charge in [0.1, 0.15) is 132 Å². The lowest BCUT2D eigenvalue weighted by Gasteiger charge is -2.42. The fourth-order valence-electron chi connectivity index (χ4n) is 19.7. The molecule has 7 aromatic carbocycles. The number of hydrogen-bond acceptors (Lipinski definition) is 34. The Morgan fingerprint density at radius 1 is 0.544 bits per heavy atom. The first-order valence-corrected chi connectivity index (χ1v) is 51.9. The van der Waals surface area contributed by atoms with Gasteiger partial charge in [0.25, 0.3) is 0 Å². The van der Waals surface area contributed by atoms with Crippen LogP contribution in [0.3, 0.4) is 0 Å². The van der Waals surface area contributed by atoms with Crippen molar-refractivity contribution in [3.8, 4) is 80.1 Å². The van der Waals surface area contributed by atoms with Gasteiger partial charge in [-0.3, -0.25) is 42.9 Å². The van der Waals surface area contributed by atoms with Crippen LogP contribution in [0, 0.1) is 5.92 Å². The van der Waals surface area contributed by atoms with Gasteiger partial charge in [0.15, 0.2) is 23.0 Å². The van der Waals surface area contributed by atoms with Gasteiger partial charge in [0.05, 0.1) is 23.3 Å². The number of likely N-dealkylation sites (N-methyl/N-ethyl adjacent to an activating group) is 1. The second-order valence-electron chi connectivity index (χ2n) is 38.7. The maximum absolute atomic E-state index is 17.4. The second-order valence-corrected chi connectivity index (χ2v) is 42.4. The highest BCUT2D eigenvalue weighted by Crippen LogP contribution is 2.71. The number of aromatic hydroxyl groups is 3. The van der Waals surface area contributed by atoms with E-state index in [1.807, 2.05) is 4.90 Å². The molecule has 0 radical (unpaired) electrons. The van der Waals surface area contributed by atoms with Crippen molar-refractivity contribution in [3.63, 3.8) is 0 Å². The number of nitrogens with one attached hydrogen (secondary N) is 9. The number of unbranched alkanes of at least 4 members (excludes halogenated alkanes) is 5. The highest BCUT2D eigenvalue weighted by molar-refractivity contribution is 7.64. The minimum absolute atomic E-state index is 0.0592. The van der Waals surface area contributed by atoms with Crippen molar-refractivity contribution in [1.82, 2.24) is 66.8 Å². The number of phenols is 3. The zero-order valence-electron chi connectivity index (χ0n) is 82.1. The highest BCUT2D eigenvalue weighted by Gasteiger charge is 2.63. The van der Waals surface area contributed by atoms with Crippen LogP contribution in [-0.2, 0) is 59.0 Å². The van der Waals surface area contributed by atoms with Crippen molar-refractivity contribution in [1.29, 1.82) is 0 Å². The van der Waals surface area contributed by atoms with Crippen LogP contribution in [0.25, 0.3) is 11.1 Å². The number of nitrogens with zero attached hydrogens (tertiary/aromatic N) is 4. The molecule has 0 spiro atoms. The molecule has 7 aromatic rings. The number of carbonyl (C=O) groups excluding carboxylic acids is 9. The number of carboxylic acid groups (broad SMARTS) is 1. The highest BCUT2D eigenvalue weighted by atomic mass is 35.5. The SMILES string of the molecule is CC(=O)[O-].CN[C@@H]1C(=O)N[C@@H]2Cc3ccc(cc3)Oc3cc4cc(c3O[C@@H]3O[C@H](CO)[C@@H](O)[C@H](O)[C@H]3NC(=O)CCCCCCCCC(C)C)Oc3ccc(cc3Cl)[C@@H](O)[C@@H]3NC(=O)[C@H](NC(=O)[C@@H]4NC(=O)[C@@H](NC2=O)c2cc(cc(O[P+](N4CCCC4)(N4CCCC4)N4CCCC4)c2Cl)Oc2cc1ccc2O)c1ccc(O)c(c1)-c1c(O[C@H]2O[C@H](CO)[C@@H](O)[C@H](O)[C@@H]2O)cc(O)cc1[C@H](C(=O)NCCCN(C)C)NC3=O. The predicted octanol–water partition coefficient (Wildman–Crippen LogP) is 5.47. The summed E-state index contributed by atoms with van der Waals surface area (Å²) in [5.41, 5.74) is -2.01. The number of ether oxygens (including phenoxy) is 7. The summed E-state index contributed by atoms with van der Waals surface area (Å²) in [6.45, 7) is 7.50. The maximum Gasteiger partial charge on any atom is 0.417 e. The standard InChI is InChI=1S/C100H124Cl2N13O27P.C2H4O2/c1-51(2)19-10-8-6-7-9-11-20-75(121)106-84-88(125)86(123)73(49-116)139-99(84)141-91-71-43-56-44-72(91)137-67-30-25-55(41-63(67)101)85(122)83-98(134)110-81(93(129)104-31-18-32-112(4)5)61-45-57(118)46-69(138-100-90(127)89(126)87(124)74(50-117)140-100)76(61)60-40-53(23-28-65(60)119)79(95(131)111-83)107-96(132)80(56)108-97(133)82-62-47-59(48-70(77(62)102)142-143(113-33-12-13-34-113,114-35-14-15-36-114)115-37-16-17-38-115)136-68-42-54(24-29-66(68)120)78(103-3)94(130)105-64(92(128)109-82)39-52-21-26-58(135-71)27-22-52;1-2(3)4/h21-30,40-48,51,64,73-74,78-90,99-100,103,116-117,122-127H,6-20,31-39,49-50H2,1-5H3,(H10-,104,105,106,107,108,109,110,111,118,119,120,121,128,129,130,131,132,133,134);1H3,(H,3,4)/t64-,73-,74-,78+,79-,80-,81-,82+,83+,84-,85-,86-,87-,88-,89+,90+,99+,100+;/m1./s1. The number of aliphatic carboxylic acids is 1. The lowest BCUT2D eigenvalue weighted by molar-refractivity contribution is -0.302. The fourth-order valence-corrected chi connectivity index (χ4v) is 24.5. The molecule has 8 amide bonds. The number of amides is 8. The summed E-state index contributed by atoms with van der Waals surface area (Å²) in [5.74, 6) is -14.4. The minimum Gasteiger partial charge on any atom is -0.550 e. The van der Waals surface area contributed by atoms with Gasteiger partial charge in [0.2, 0.25) is 71.3 Å². The number of halogens is 2. The molecule has 794 valence electrons. The molecule has 5 saturated heterocycles. The molecular weight excluding hydrogens is 1970 g/mol. The molecule has 147 heavy (non-hydrogen) atoms. The number of rotatable bonds is 27. The first kappa shape index (κ1) is 110. The molecule has 18 rings (SSSR count). The monoisotopic (exact) mass is 2100 g/mol. The summed E-state index contributed by atoms with van der Waals surface area (Å²) < 4.78 is 61.1. The Kier molecular flexibility index (Phi) is 36.4. The number of benzene rings is 7. The normalized spacial score (nSPS) is 26.1. The Balaban J connectivity index is 0.00000398. The first-order valence-electron chi connectivity index (χ1n) is 49.6. The third-order valence-corrected chi connectivity index (χ3v) is 31.9. The molecule has 42 nitrogen and oxygen atoms in total. The summed E-state index contributed by atoms with van der Waals surface area (Å²) in [6.07, 6.45) is -8.83. The number of aliphatic hydroxyl groups excluding tert-OH is 8. The van der Waals surface area contributed by atoms with Crippen molar-refractivity contribution < 1.29 is 142 Å². The number of fused-ring (bicyclic) bond motifs is 14. The third-order valence-electron chi connectivity index (χ3n) is 27.3. The fraction of sp³-hybridized carbons (Fsp3) is 0.500. The topological polar surface area (TPSA) is 594 Å². The van der Waals surface area contributed by atoms with E-state index in [1.165, 1.54) is 67.7 Å². The van der Waals surface area contributed by atoms with Gasteiger partial charge in [-0.15, -0.1) is 14.0 Å². The Morgan fingerprint density at radius 2 is 1.12 bits per heavy atom. The van der Waals surface area contributed by atoms with E-state index < -0.39 is 252 Å². The van der Waals surface area contributed by atoms with Crippen LogP contribution in [0.1, 0.15) is 192 Å². The molecule has 5 fully saturated rings. The van der Waals surface area contributed by atoms with Crippen LogP contribution < -0.4 is 81.2 Å². The van der Waals surface area contributed by atoms with Crippen LogP contribution in [0.4, 0.5) is 0 Å². The number of phenolic OH excluding ortho intramolecular Hbond substituents is 3. The summed E-state index contributed by atoms with van der Waals surface area (Å²) in [5, 5.41) is 162. The molecule has 11 aliphatic heterocycles. The molecule has 45 heteroatoms. The molecule has 0 saturated carbocycles. The van der Waals surface area contributed by atoms with Gasteiger partial charge in [-0.25, -0.2) is 0 Å². The van der Waals surface area contributed by atoms with E-state index >= 15 is 33.6 Å². The van der Waals surface area contributed by atoms with Crippen molar-refractivity contribution in [2.24, 2.45) is 5.92 Å². The number of aliphatic hydroxyl groups is 8. The lowest BCUT2D eigenvalue weighted by Crippen LogP contribution is -2.65. The van der Waals surface area contributed by atoms with Gasteiger partial charge >= 0.3 is 7.94 Å². The van der Waals surface area contributed by atoms with Crippen LogP contribution >= 0.6 is 31.1 Å². The molecule has 11 heterocycles. The largest absolute Gasteiger partial charge is 0.550 e. The van der Waals surface area contributed by atoms with E-state index in [1.54, 1.807) is 26.2 Å². The Hall–Kier alpha value is -11.6. The van der Waals surface area contributed by atoms with Gasteiger partial charge in [-0.1, -0.05) is 106 Å². The Labute approximate surface area is 858 Å². The minimum atomic E-state index is -3.20. The van der Waals surface area contributed by atoms with Crippen molar-refractivity contribution in [3.05, 3.63) is 164 Å². The quantitative estimate of drug-likeness (QED) is 0.0224. The third kappa shape index (κ3) is 25.3. The Bertz CT molecular complexity index is 5870. The summed E-state index contributed by atoms with van der Waals surface area (Å²) in [4.78, 5) is 140. The number of carboxylic acids is 1. The smallest absolute Gasteiger partial charge is 0.417 e. The van der Waals surface area contributed by atoms with Gasteiger partial charge in [0, 0.05) is 93.4 Å². The van der Waals surface area contributed by atoms with Gasteiger partial charge < -0.3 is 152 Å². The Morgan fingerprint density at radius 3 is 1.75 bits per heavy atom. The van der Waals surface area contributed by atoms with Crippen LogP contribution in [0.15, 0.2) is 115 Å². The van der Waals surface area contributed by atoms with Gasteiger partial charge in [-0.05, 0) is 198 Å². The zero-order chi connectivity index (χ0) is 105. The molecule has 0 aliphatic carbocycles. The second kappa shape index (κ2) is 48.8. The molecule has 17 bridgehead atoms. The first-order chi connectivity index (χ1) is 70.4. The average Bonchev–Trinajstić information content (AvgIpc) is 1.69. The van der Waals surface area contributed by atoms with Crippen LogP contribution in [0.2, 0.25) is 10.0 Å². The predicted molar refractivity (Wildman–Crippen MR) is 531 cm³/mol. The molecule has 0 unspecified atom stereocenters. The van der Waals surface area contributed by atoms with E-state index in [2.05, 4.69) is 75.7 Å². The molecule has 0 aromatic heterocycles. The summed E-state index contributed by atoms with van der Waals surface area (Å²) in [6, 6.07) is 8.33. The molecule has 18 atom stereocenters. The number of carbonyl (C=O) groups is 9. The van der Waals surface area contributed by atoms with Crippen molar-refractivity contribution >= 4 is 84.4 Å². The zero-order valence-corrected chi connectivity index (χ0v) is 84.5. The molecular formula is C102H128Cl2N13O29P. The molecule has 20 N–H and O–H groups in total. The van der Waals surface area contributed by atoms with Gasteiger partial charge in [-0.2, -0.15) is 0 Å². The lowest BCUT2D eigenvalue weighted by atomic mass is 9.89. The molecule has 11 aliphatic rings. The van der Waals surface area contributed by atoms with E-state index in [0.717, 1.165) is 120 Å². The van der Waals surface area contributed by atoms with E-state index in [4.69, 9.17) is 70.8 Å².